The number of hydrogen-bond acceptors (Lipinski definition) is 5. The number of rotatable bonds is 6. The topological polar surface area (TPSA) is 83.3 Å². The molecular weight excluding hydrogens is 330 g/mol. The highest BCUT2D eigenvalue weighted by Crippen LogP contribution is 2.25. The zero-order chi connectivity index (χ0) is 18.6. The van der Waals surface area contributed by atoms with Crippen molar-refractivity contribution in [2.24, 2.45) is 0 Å². The Balaban J connectivity index is 1.50. The highest BCUT2D eigenvalue weighted by atomic mass is 16.3. The van der Waals surface area contributed by atoms with Crippen molar-refractivity contribution in [2.45, 2.75) is 44.8 Å². The van der Waals surface area contributed by atoms with Gasteiger partial charge in [-0.3, -0.25) is 9.69 Å². The summed E-state index contributed by atoms with van der Waals surface area (Å²) in [5.41, 5.74) is -0.752. The number of hydrogen-bond donors (Lipinski definition) is 2. The van der Waals surface area contributed by atoms with Gasteiger partial charge in [0, 0.05) is 37.6 Å². The van der Waals surface area contributed by atoms with Gasteiger partial charge < -0.3 is 15.0 Å². The van der Waals surface area contributed by atoms with Crippen LogP contribution in [0.1, 0.15) is 38.4 Å². The molecular formula is C19H27N5O2. The number of likely N-dealkylation sites (tertiary alicyclic amines) is 1. The lowest BCUT2D eigenvalue weighted by molar-refractivity contribution is -0.118. The van der Waals surface area contributed by atoms with Gasteiger partial charge in [-0.25, -0.2) is 9.97 Å². The Bertz CT molecular complexity index is 721. The minimum atomic E-state index is -0.752. The quantitative estimate of drug-likeness (QED) is 0.825. The van der Waals surface area contributed by atoms with E-state index in [-0.39, 0.29) is 5.91 Å². The number of pyridine rings is 1. The number of piperidine rings is 1. The van der Waals surface area contributed by atoms with Crippen molar-refractivity contribution in [2.75, 3.05) is 25.0 Å². The van der Waals surface area contributed by atoms with Gasteiger partial charge in [0.25, 0.3) is 0 Å². The molecule has 0 bridgehead atoms. The minimum absolute atomic E-state index is 0.0779. The Hall–Kier alpha value is -2.25. The maximum absolute atomic E-state index is 12.2. The van der Waals surface area contributed by atoms with Gasteiger partial charge in [0.05, 0.1) is 18.7 Å². The lowest BCUT2D eigenvalue weighted by atomic mass is 9.91. The summed E-state index contributed by atoms with van der Waals surface area (Å²) < 4.78 is 2.05. The van der Waals surface area contributed by atoms with E-state index in [0.29, 0.717) is 50.8 Å². The number of aromatic nitrogens is 3. The fourth-order valence-corrected chi connectivity index (χ4v) is 3.38. The molecule has 7 heteroatoms. The first-order chi connectivity index (χ1) is 12.5. The molecule has 1 fully saturated rings. The Morgan fingerprint density at radius 3 is 2.69 bits per heavy atom. The van der Waals surface area contributed by atoms with Gasteiger partial charge in [0.1, 0.15) is 11.6 Å². The SMILES string of the molecule is CC(C)c1nccn1CC1(O)CCN(CC(=O)Nc2ccccn2)CC1. The molecule has 0 spiro atoms. The average molecular weight is 357 g/mol. The number of anilines is 1. The van der Waals surface area contributed by atoms with E-state index in [1.54, 1.807) is 18.5 Å². The molecule has 3 heterocycles. The first-order valence-electron chi connectivity index (χ1n) is 9.12. The van der Waals surface area contributed by atoms with Crippen LogP contribution in [0.15, 0.2) is 36.8 Å². The molecule has 1 aliphatic heterocycles. The molecule has 0 radical (unpaired) electrons. The number of amides is 1. The molecule has 2 aromatic heterocycles. The van der Waals surface area contributed by atoms with Crippen molar-refractivity contribution < 1.29 is 9.90 Å². The highest BCUT2D eigenvalue weighted by molar-refractivity contribution is 5.91. The second-order valence-electron chi connectivity index (χ2n) is 7.33. The summed E-state index contributed by atoms with van der Waals surface area (Å²) in [5, 5.41) is 13.8. The summed E-state index contributed by atoms with van der Waals surface area (Å²) in [5.74, 6) is 1.80. The van der Waals surface area contributed by atoms with Crippen molar-refractivity contribution in [1.82, 2.24) is 19.4 Å². The van der Waals surface area contributed by atoms with Crippen molar-refractivity contribution in [3.63, 3.8) is 0 Å². The van der Waals surface area contributed by atoms with Gasteiger partial charge in [-0.1, -0.05) is 19.9 Å². The lowest BCUT2D eigenvalue weighted by Gasteiger charge is -2.38. The van der Waals surface area contributed by atoms with Crippen LogP contribution in [0.3, 0.4) is 0 Å². The third kappa shape index (κ3) is 4.68. The zero-order valence-electron chi connectivity index (χ0n) is 15.4. The van der Waals surface area contributed by atoms with E-state index >= 15 is 0 Å². The predicted molar refractivity (Wildman–Crippen MR) is 99.8 cm³/mol. The summed E-state index contributed by atoms with van der Waals surface area (Å²) in [7, 11) is 0. The maximum Gasteiger partial charge on any atom is 0.239 e. The molecule has 0 unspecified atom stereocenters. The van der Waals surface area contributed by atoms with E-state index in [1.165, 1.54) is 0 Å². The summed E-state index contributed by atoms with van der Waals surface area (Å²) in [4.78, 5) is 22.7. The standard InChI is InChI=1S/C19H27N5O2/c1-15(2)18-21-9-12-24(18)14-19(26)6-10-23(11-7-19)13-17(25)22-16-5-3-4-8-20-16/h3-5,8-9,12,15,26H,6-7,10-11,13-14H2,1-2H3,(H,20,22,25). The number of aliphatic hydroxyl groups is 1. The van der Waals surface area contributed by atoms with E-state index in [1.807, 2.05) is 22.9 Å². The van der Waals surface area contributed by atoms with Crippen LogP contribution < -0.4 is 5.32 Å². The van der Waals surface area contributed by atoms with E-state index in [4.69, 9.17) is 0 Å². The smallest absolute Gasteiger partial charge is 0.239 e. The molecule has 0 aliphatic carbocycles. The minimum Gasteiger partial charge on any atom is -0.388 e. The van der Waals surface area contributed by atoms with Crippen LogP contribution in [-0.4, -0.2) is 55.7 Å². The Morgan fingerprint density at radius 1 is 1.27 bits per heavy atom. The van der Waals surface area contributed by atoms with Crippen molar-refractivity contribution >= 4 is 11.7 Å². The molecule has 3 rings (SSSR count). The average Bonchev–Trinajstić information content (AvgIpc) is 3.06. The molecule has 26 heavy (non-hydrogen) atoms. The van der Waals surface area contributed by atoms with Crippen LogP contribution in [0.5, 0.6) is 0 Å². The van der Waals surface area contributed by atoms with Crippen molar-refractivity contribution in [3.05, 3.63) is 42.6 Å². The summed E-state index contributed by atoms with van der Waals surface area (Å²) >= 11 is 0. The van der Waals surface area contributed by atoms with Crippen LogP contribution in [0.2, 0.25) is 0 Å². The van der Waals surface area contributed by atoms with Gasteiger partial charge in [-0.15, -0.1) is 0 Å². The zero-order valence-corrected chi connectivity index (χ0v) is 15.4. The molecule has 0 saturated carbocycles. The van der Waals surface area contributed by atoms with Gasteiger partial charge in [-0.2, -0.15) is 0 Å². The lowest BCUT2D eigenvalue weighted by Crippen LogP contribution is -2.48. The Morgan fingerprint density at radius 2 is 2.04 bits per heavy atom. The second kappa shape index (κ2) is 7.97. The van der Waals surface area contributed by atoms with Gasteiger partial charge in [-0.05, 0) is 25.0 Å². The molecule has 2 N–H and O–H groups in total. The van der Waals surface area contributed by atoms with Crippen LogP contribution >= 0.6 is 0 Å². The molecule has 1 aliphatic rings. The van der Waals surface area contributed by atoms with Crippen molar-refractivity contribution in [3.8, 4) is 0 Å². The van der Waals surface area contributed by atoms with E-state index in [9.17, 15) is 9.90 Å². The number of nitrogens with one attached hydrogen (secondary N) is 1. The normalized spacial score (nSPS) is 17.4. The first kappa shape index (κ1) is 18.5. The van der Waals surface area contributed by atoms with Crippen molar-refractivity contribution in [1.29, 1.82) is 0 Å². The van der Waals surface area contributed by atoms with Crippen LogP contribution in [0, 0.1) is 0 Å². The number of carbonyl (C=O) groups is 1. The fraction of sp³-hybridized carbons (Fsp3) is 0.526. The summed E-state index contributed by atoms with van der Waals surface area (Å²) in [6, 6.07) is 5.42. The second-order valence-corrected chi connectivity index (χ2v) is 7.33. The van der Waals surface area contributed by atoms with E-state index in [0.717, 1.165) is 5.82 Å². The van der Waals surface area contributed by atoms with E-state index < -0.39 is 5.60 Å². The van der Waals surface area contributed by atoms with Crippen LogP contribution in [-0.2, 0) is 11.3 Å². The molecule has 1 saturated heterocycles. The monoisotopic (exact) mass is 357 g/mol. The molecule has 140 valence electrons. The van der Waals surface area contributed by atoms with Gasteiger partial charge in [0.15, 0.2) is 0 Å². The first-order valence-corrected chi connectivity index (χ1v) is 9.12. The number of imidazole rings is 1. The number of nitrogens with zero attached hydrogens (tertiary/aromatic N) is 4. The molecule has 7 nitrogen and oxygen atoms in total. The molecule has 2 aromatic rings. The highest BCUT2D eigenvalue weighted by Gasteiger charge is 2.33. The summed E-state index contributed by atoms with van der Waals surface area (Å²) in [6.45, 7) is 6.45. The van der Waals surface area contributed by atoms with Gasteiger partial charge >= 0.3 is 0 Å². The fourth-order valence-electron chi connectivity index (χ4n) is 3.38. The largest absolute Gasteiger partial charge is 0.388 e. The molecule has 0 atom stereocenters. The maximum atomic E-state index is 12.2. The van der Waals surface area contributed by atoms with Crippen LogP contribution in [0.25, 0.3) is 0 Å². The third-order valence-electron chi connectivity index (χ3n) is 4.82. The Kier molecular flexibility index (Phi) is 5.68. The number of carbonyl (C=O) groups excluding carboxylic acids is 1. The molecule has 0 aromatic carbocycles. The van der Waals surface area contributed by atoms with E-state index in [2.05, 4.69) is 34.0 Å². The van der Waals surface area contributed by atoms with Crippen LogP contribution in [0.4, 0.5) is 5.82 Å². The van der Waals surface area contributed by atoms with Gasteiger partial charge in [0.2, 0.25) is 5.91 Å². The summed E-state index contributed by atoms with van der Waals surface area (Å²) in [6.07, 6.45) is 6.65. The molecule has 1 amide bonds. The Labute approximate surface area is 154 Å². The predicted octanol–water partition coefficient (Wildman–Crippen LogP) is 1.87. The third-order valence-corrected chi connectivity index (χ3v) is 4.82.